The van der Waals surface area contributed by atoms with Crippen molar-refractivity contribution in [1.29, 1.82) is 0 Å². The third-order valence-corrected chi connectivity index (χ3v) is 3.67. The van der Waals surface area contributed by atoms with Gasteiger partial charge in [0, 0.05) is 17.2 Å². The number of aryl methyl sites for hydroxylation is 1. The molecular formula is C14H12N2O4S. The van der Waals surface area contributed by atoms with E-state index in [2.05, 4.69) is 4.98 Å². The standard InChI is InChI=1S/C14H12N2O4S/c1-9-6-12(16(19)20)14(15-8-9)21-11-4-2-10(3-5-11)7-13(17)18/h2-6,8H,7H2,1H3,(H,17,18). The number of aromatic nitrogens is 1. The predicted octanol–water partition coefficient (Wildman–Crippen LogP) is 3.08. The lowest BCUT2D eigenvalue weighted by Crippen LogP contribution is -1.99. The van der Waals surface area contributed by atoms with Crippen molar-refractivity contribution in [2.45, 2.75) is 23.3 Å². The monoisotopic (exact) mass is 304 g/mol. The second-order valence-electron chi connectivity index (χ2n) is 4.41. The van der Waals surface area contributed by atoms with Crippen LogP contribution in [0.25, 0.3) is 0 Å². The number of hydrogen-bond acceptors (Lipinski definition) is 5. The first-order valence-corrected chi connectivity index (χ1v) is 6.87. The number of hydrogen-bond donors (Lipinski definition) is 1. The molecule has 6 nitrogen and oxygen atoms in total. The molecule has 0 amide bonds. The Labute approximate surface area is 125 Å². The highest BCUT2D eigenvalue weighted by atomic mass is 32.2. The molecule has 1 aromatic heterocycles. The number of benzene rings is 1. The Kier molecular flexibility index (Phi) is 4.54. The first kappa shape index (κ1) is 15.0. The van der Waals surface area contributed by atoms with Gasteiger partial charge in [0.15, 0.2) is 5.03 Å². The van der Waals surface area contributed by atoms with Crippen molar-refractivity contribution in [3.8, 4) is 0 Å². The van der Waals surface area contributed by atoms with Crippen molar-refractivity contribution in [1.82, 2.24) is 4.98 Å². The Hall–Kier alpha value is -2.41. The molecule has 0 saturated carbocycles. The van der Waals surface area contributed by atoms with Crippen LogP contribution >= 0.6 is 11.8 Å². The average molecular weight is 304 g/mol. The highest BCUT2D eigenvalue weighted by Gasteiger charge is 2.16. The van der Waals surface area contributed by atoms with Gasteiger partial charge < -0.3 is 5.11 Å². The van der Waals surface area contributed by atoms with Gasteiger partial charge in [0.25, 0.3) is 0 Å². The predicted molar refractivity (Wildman–Crippen MR) is 77.5 cm³/mol. The minimum absolute atomic E-state index is 0.0328. The van der Waals surface area contributed by atoms with E-state index < -0.39 is 10.9 Å². The number of nitrogens with zero attached hydrogens (tertiary/aromatic N) is 2. The van der Waals surface area contributed by atoms with Crippen molar-refractivity contribution in [3.63, 3.8) is 0 Å². The highest BCUT2D eigenvalue weighted by molar-refractivity contribution is 7.99. The summed E-state index contributed by atoms with van der Waals surface area (Å²) in [7, 11) is 0. The molecular weight excluding hydrogens is 292 g/mol. The highest BCUT2D eigenvalue weighted by Crippen LogP contribution is 2.33. The van der Waals surface area contributed by atoms with Crippen LogP contribution < -0.4 is 0 Å². The maximum absolute atomic E-state index is 11.0. The summed E-state index contributed by atoms with van der Waals surface area (Å²) in [5.41, 5.74) is 1.37. The van der Waals surface area contributed by atoms with Crippen LogP contribution in [0.1, 0.15) is 11.1 Å². The second-order valence-corrected chi connectivity index (χ2v) is 5.47. The van der Waals surface area contributed by atoms with Crippen molar-refractivity contribution < 1.29 is 14.8 Å². The number of carbonyl (C=O) groups is 1. The number of rotatable bonds is 5. The van der Waals surface area contributed by atoms with Crippen molar-refractivity contribution in [3.05, 3.63) is 57.8 Å². The molecule has 0 aliphatic carbocycles. The molecule has 0 aliphatic rings. The Morgan fingerprint density at radius 3 is 2.62 bits per heavy atom. The van der Waals surface area contributed by atoms with E-state index in [0.29, 0.717) is 10.6 Å². The molecule has 108 valence electrons. The van der Waals surface area contributed by atoms with E-state index in [4.69, 9.17) is 5.11 Å². The van der Waals surface area contributed by atoms with Gasteiger partial charge in [0.2, 0.25) is 0 Å². The van der Waals surface area contributed by atoms with E-state index in [0.717, 1.165) is 10.5 Å². The third-order valence-electron chi connectivity index (χ3n) is 2.66. The molecule has 0 saturated heterocycles. The normalized spacial score (nSPS) is 10.3. The first-order chi connectivity index (χ1) is 9.95. The minimum Gasteiger partial charge on any atom is -0.481 e. The van der Waals surface area contributed by atoms with Gasteiger partial charge >= 0.3 is 11.7 Å². The minimum atomic E-state index is -0.897. The van der Waals surface area contributed by atoms with Crippen LogP contribution in [0, 0.1) is 17.0 Å². The number of nitro groups is 1. The smallest absolute Gasteiger partial charge is 0.307 e. The maximum Gasteiger partial charge on any atom is 0.307 e. The lowest BCUT2D eigenvalue weighted by atomic mass is 10.2. The SMILES string of the molecule is Cc1cnc(Sc2ccc(CC(=O)O)cc2)c([N+](=O)[O-])c1. The van der Waals surface area contributed by atoms with Crippen LogP contribution in [-0.2, 0) is 11.2 Å². The topological polar surface area (TPSA) is 93.3 Å². The van der Waals surface area contributed by atoms with Gasteiger partial charge in [0.05, 0.1) is 11.3 Å². The summed E-state index contributed by atoms with van der Waals surface area (Å²) >= 11 is 1.18. The first-order valence-electron chi connectivity index (χ1n) is 6.05. The summed E-state index contributed by atoms with van der Waals surface area (Å²) in [6, 6.07) is 8.32. The van der Waals surface area contributed by atoms with Gasteiger partial charge in [-0.3, -0.25) is 14.9 Å². The molecule has 0 fully saturated rings. The summed E-state index contributed by atoms with van der Waals surface area (Å²) in [6.45, 7) is 1.75. The van der Waals surface area contributed by atoms with Gasteiger partial charge in [-0.2, -0.15) is 0 Å². The molecule has 0 spiro atoms. The van der Waals surface area contributed by atoms with Crippen molar-refractivity contribution >= 4 is 23.4 Å². The summed E-state index contributed by atoms with van der Waals surface area (Å²) in [4.78, 5) is 26.0. The second kappa shape index (κ2) is 6.36. The molecule has 2 rings (SSSR count). The van der Waals surface area contributed by atoms with E-state index in [1.54, 1.807) is 37.4 Å². The molecule has 1 aromatic carbocycles. The van der Waals surface area contributed by atoms with Gasteiger partial charge in [-0.15, -0.1) is 0 Å². The number of carboxylic acid groups (broad SMARTS) is 1. The molecule has 0 bridgehead atoms. The van der Waals surface area contributed by atoms with Gasteiger partial charge in [-0.1, -0.05) is 23.9 Å². The summed E-state index contributed by atoms with van der Waals surface area (Å²) in [6.07, 6.45) is 1.53. The zero-order chi connectivity index (χ0) is 15.4. The summed E-state index contributed by atoms with van der Waals surface area (Å²) in [5.74, 6) is -0.897. The Bertz CT molecular complexity index is 686. The fourth-order valence-corrected chi connectivity index (χ4v) is 2.55. The zero-order valence-electron chi connectivity index (χ0n) is 11.1. The lowest BCUT2D eigenvalue weighted by molar-refractivity contribution is -0.388. The van der Waals surface area contributed by atoms with E-state index in [1.165, 1.54) is 17.8 Å². The van der Waals surface area contributed by atoms with Crippen LogP contribution in [0.15, 0.2) is 46.5 Å². The van der Waals surface area contributed by atoms with Crippen molar-refractivity contribution in [2.75, 3.05) is 0 Å². The fraction of sp³-hybridized carbons (Fsp3) is 0.143. The summed E-state index contributed by atoms with van der Waals surface area (Å²) in [5, 5.41) is 20.0. The van der Waals surface area contributed by atoms with Gasteiger partial charge in [-0.05, 0) is 30.2 Å². The van der Waals surface area contributed by atoms with E-state index in [1.807, 2.05) is 0 Å². The average Bonchev–Trinajstić information content (AvgIpc) is 2.42. The zero-order valence-corrected chi connectivity index (χ0v) is 12.0. The number of aliphatic carboxylic acids is 1. The Morgan fingerprint density at radius 1 is 1.38 bits per heavy atom. The Morgan fingerprint density at radius 2 is 2.05 bits per heavy atom. The quantitative estimate of drug-likeness (QED) is 0.674. The molecule has 0 unspecified atom stereocenters. The molecule has 0 radical (unpaired) electrons. The van der Waals surface area contributed by atoms with Crippen LogP contribution in [-0.4, -0.2) is 21.0 Å². The molecule has 1 N–H and O–H groups in total. The molecule has 7 heteroatoms. The van der Waals surface area contributed by atoms with Gasteiger partial charge in [0.1, 0.15) is 0 Å². The molecule has 1 heterocycles. The largest absolute Gasteiger partial charge is 0.481 e. The Balaban J connectivity index is 2.22. The van der Waals surface area contributed by atoms with Crippen LogP contribution in [0.5, 0.6) is 0 Å². The van der Waals surface area contributed by atoms with Crippen LogP contribution in [0.3, 0.4) is 0 Å². The molecule has 21 heavy (non-hydrogen) atoms. The van der Waals surface area contributed by atoms with Crippen molar-refractivity contribution in [2.24, 2.45) is 0 Å². The van der Waals surface area contributed by atoms with E-state index >= 15 is 0 Å². The molecule has 0 aliphatic heterocycles. The number of carboxylic acids is 1. The van der Waals surface area contributed by atoms with Crippen LogP contribution in [0.4, 0.5) is 5.69 Å². The fourth-order valence-electron chi connectivity index (χ4n) is 1.71. The van der Waals surface area contributed by atoms with Crippen LogP contribution in [0.2, 0.25) is 0 Å². The third kappa shape index (κ3) is 4.03. The summed E-state index contributed by atoms with van der Waals surface area (Å²) < 4.78 is 0. The van der Waals surface area contributed by atoms with E-state index in [-0.39, 0.29) is 12.1 Å². The van der Waals surface area contributed by atoms with Gasteiger partial charge in [-0.25, -0.2) is 4.98 Å². The maximum atomic E-state index is 11.0. The van der Waals surface area contributed by atoms with E-state index in [9.17, 15) is 14.9 Å². The molecule has 2 aromatic rings. The lowest BCUT2D eigenvalue weighted by Gasteiger charge is -2.04. The molecule has 0 atom stereocenters. The number of pyridine rings is 1.